The second-order valence-corrected chi connectivity index (χ2v) is 20.7. The zero-order chi connectivity index (χ0) is 31.1. The fourth-order valence-electron chi connectivity index (χ4n) is 6.79. The van der Waals surface area contributed by atoms with E-state index in [-0.39, 0.29) is 18.1 Å². The van der Waals surface area contributed by atoms with Crippen LogP contribution in [0.5, 0.6) is 0 Å². The fraction of sp³-hybridized carbons (Fsp3) is 0.556. The number of hydrogen-bond donors (Lipinski definition) is 0. The van der Waals surface area contributed by atoms with Crippen LogP contribution in [-0.4, -0.2) is 48.9 Å². The van der Waals surface area contributed by atoms with Crippen molar-refractivity contribution in [1.29, 1.82) is 0 Å². The molecule has 0 bridgehead atoms. The lowest BCUT2D eigenvalue weighted by Crippen LogP contribution is -2.37. The van der Waals surface area contributed by atoms with Crippen molar-refractivity contribution in [2.45, 2.75) is 104 Å². The van der Waals surface area contributed by atoms with Gasteiger partial charge >= 0.3 is 12.1 Å². The number of esters is 1. The van der Waals surface area contributed by atoms with E-state index in [4.69, 9.17) is 9.47 Å². The van der Waals surface area contributed by atoms with Gasteiger partial charge in [0.15, 0.2) is 0 Å². The van der Waals surface area contributed by atoms with Gasteiger partial charge in [-0.3, -0.25) is 9.47 Å². The molecular formula is C36H50N2O4Si. The van der Waals surface area contributed by atoms with Crippen LogP contribution in [0.3, 0.4) is 0 Å². The highest BCUT2D eigenvalue weighted by Crippen LogP contribution is 2.47. The number of methoxy groups -OCH3 is 1. The SMILES string of the molecule is COC(=O)c1ccc([C@@H]2C[C@H](C3CC3)CCN2Cc2c(CC[Si](C)(C)C)cc(C)c3c2ccn3C(=O)OC(C)(C)C)cc1. The van der Waals surface area contributed by atoms with E-state index in [0.29, 0.717) is 5.56 Å². The number of carbonyl (C=O) groups excluding carboxylic acids is 2. The van der Waals surface area contributed by atoms with Crippen molar-refractivity contribution >= 4 is 31.0 Å². The summed E-state index contributed by atoms with van der Waals surface area (Å²) < 4.78 is 12.4. The number of hydrogen-bond acceptors (Lipinski definition) is 5. The summed E-state index contributed by atoms with van der Waals surface area (Å²) in [6.45, 7) is 17.0. The van der Waals surface area contributed by atoms with Crippen molar-refractivity contribution in [2.75, 3.05) is 13.7 Å². The summed E-state index contributed by atoms with van der Waals surface area (Å²) in [6.07, 6.45) is 7.68. The quantitative estimate of drug-likeness (QED) is 0.191. The van der Waals surface area contributed by atoms with Crippen molar-refractivity contribution in [2.24, 2.45) is 11.8 Å². The minimum Gasteiger partial charge on any atom is -0.465 e. The van der Waals surface area contributed by atoms with Gasteiger partial charge in [0.05, 0.1) is 18.2 Å². The first-order chi connectivity index (χ1) is 20.2. The summed E-state index contributed by atoms with van der Waals surface area (Å²) in [5.74, 6) is 1.31. The Labute approximate surface area is 258 Å². The van der Waals surface area contributed by atoms with Crippen LogP contribution in [-0.2, 0) is 22.4 Å². The maximum Gasteiger partial charge on any atom is 0.418 e. The van der Waals surface area contributed by atoms with Crippen LogP contribution < -0.4 is 0 Å². The molecule has 1 aliphatic carbocycles. The summed E-state index contributed by atoms with van der Waals surface area (Å²) in [5, 5.41) is 1.15. The normalized spacial score (nSPS) is 19.9. The average Bonchev–Trinajstić information content (AvgIpc) is 3.69. The first-order valence-corrected chi connectivity index (χ1v) is 19.7. The number of likely N-dealkylation sites (tertiary alicyclic amines) is 1. The van der Waals surface area contributed by atoms with Crippen LogP contribution >= 0.6 is 0 Å². The van der Waals surface area contributed by atoms with Crippen molar-refractivity contribution in [3.05, 3.63) is 70.4 Å². The molecule has 6 nitrogen and oxygen atoms in total. The Morgan fingerprint density at radius 2 is 1.70 bits per heavy atom. The molecule has 1 aromatic heterocycles. The summed E-state index contributed by atoms with van der Waals surface area (Å²) in [5.41, 5.74) is 6.08. The molecule has 2 atom stereocenters. The van der Waals surface area contributed by atoms with Crippen LogP contribution in [0.2, 0.25) is 25.7 Å². The second-order valence-electron chi connectivity index (χ2n) is 15.0. The molecule has 1 saturated carbocycles. The monoisotopic (exact) mass is 602 g/mol. The van der Waals surface area contributed by atoms with Gasteiger partial charge in [-0.15, -0.1) is 0 Å². The largest absolute Gasteiger partial charge is 0.465 e. The Hall–Kier alpha value is -2.90. The second kappa shape index (κ2) is 12.2. The molecule has 232 valence electrons. The first-order valence-electron chi connectivity index (χ1n) is 16.0. The van der Waals surface area contributed by atoms with E-state index < -0.39 is 13.7 Å². The standard InChI is InChI=1S/C36H50N2O4Si/c1-24-21-29(17-20-43(6,7)8)31(30-16-19-38(33(24)30)35(40)42-36(2,3)4)23-37-18-15-28(25-9-10-25)22-32(37)26-11-13-27(14-12-26)34(39)41-5/h11-14,16,19,21,25,28,32H,9-10,15,17-18,20,22-23H2,1-8H3/t28-,32+/m1/s1. The number of carbonyl (C=O) groups is 2. The number of ether oxygens (including phenoxy) is 2. The highest BCUT2D eigenvalue weighted by molar-refractivity contribution is 6.76. The van der Waals surface area contributed by atoms with Crippen LogP contribution in [0.25, 0.3) is 10.9 Å². The maximum absolute atomic E-state index is 13.3. The highest BCUT2D eigenvalue weighted by atomic mass is 28.3. The molecule has 2 aliphatic rings. The van der Waals surface area contributed by atoms with E-state index in [2.05, 4.69) is 55.7 Å². The molecule has 0 radical (unpaired) electrons. The number of rotatable bonds is 8. The van der Waals surface area contributed by atoms with E-state index in [1.807, 2.05) is 39.1 Å². The summed E-state index contributed by atoms with van der Waals surface area (Å²) in [6, 6.07) is 14.0. The van der Waals surface area contributed by atoms with Crippen LogP contribution in [0.15, 0.2) is 42.6 Å². The Morgan fingerprint density at radius 1 is 1.00 bits per heavy atom. The minimum absolute atomic E-state index is 0.278. The number of piperidine rings is 1. The number of aryl methyl sites for hydroxylation is 2. The van der Waals surface area contributed by atoms with Gasteiger partial charge in [0.2, 0.25) is 0 Å². The molecule has 1 saturated heterocycles. The molecule has 5 rings (SSSR count). The Morgan fingerprint density at radius 3 is 2.30 bits per heavy atom. The van der Waals surface area contributed by atoms with Gasteiger partial charge in [0.1, 0.15) is 5.60 Å². The van der Waals surface area contributed by atoms with E-state index in [0.717, 1.165) is 54.2 Å². The van der Waals surface area contributed by atoms with Crippen molar-refractivity contribution in [3.63, 3.8) is 0 Å². The highest BCUT2D eigenvalue weighted by Gasteiger charge is 2.38. The van der Waals surface area contributed by atoms with Crippen LogP contribution in [0.4, 0.5) is 4.79 Å². The molecule has 0 amide bonds. The maximum atomic E-state index is 13.3. The van der Waals surface area contributed by atoms with Crippen molar-refractivity contribution in [1.82, 2.24) is 9.47 Å². The Bertz CT molecular complexity index is 1470. The Balaban J connectivity index is 1.54. The number of fused-ring (bicyclic) bond motifs is 1. The van der Waals surface area contributed by atoms with E-state index >= 15 is 0 Å². The lowest BCUT2D eigenvalue weighted by Gasteiger charge is -2.40. The molecular weight excluding hydrogens is 552 g/mol. The number of aromatic nitrogens is 1. The molecule has 2 fully saturated rings. The molecule has 0 unspecified atom stereocenters. The predicted molar refractivity (Wildman–Crippen MR) is 177 cm³/mol. The van der Waals surface area contributed by atoms with Gasteiger partial charge in [0, 0.05) is 32.2 Å². The summed E-state index contributed by atoms with van der Waals surface area (Å²) in [4.78, 5) is 28.1. The molecule has 3 aromatic rings. The smallest absolute Gasteiger partial charge is 0.418 e. The third-order valence-electron chi connectivity index (χ3n) is 9.22. The topological polar surface area (TPSA) is 60.8 Å². The van der Waals surface area contributed by atoms with Gasteiger partial charge in [-0.25, -0.2) is 9.59 Å². The molecule has 2 heterocycles. The first kappa shape index (κ1) is 31.5. The van der Waals surface area contributed by atoms with Crippen LogP contribution in [0.1, 0.15) is 85.1 Å². The number of benzene rings is 2. The summed E-state index contributed by atoms with van der Waals surface area (Å²) in [7, 11) is 0.159. The van der Waals surface area contributed by atoms with E-state index in [9.17, 15) is 9.59 Å². The van der Waals surface area contributed by atoms with Gasteiger partial charge in [-0.1, -0.05) is 43.9 Å². The van der Waals surface area contributed by atoms with Crippen molar-refractivity contribution in [3.8, 4) is 0 Å². The third-order valence-corrected chi connectivity index (χ3v) is 11.0. The lowest BCUT2D eigenvalue weighted by molar-refractivity contribution is 0.0542. The molecule has 7 heteroatoms. The Kier molecular flexibility index (Phi) is 8.97. The van der Waals surface area contributed by atoms with E-state index in [1.165, 1.54) is 49.1 Å². The molecule has 2 aromatic carbocycles. The molecule has 1 aliphatic heterocycles. The van der Waals surface area contributed by atoms with Gasteiger partial charge in [-0.05, 0) is 119 Å². The predicted octanol–water partition coefficient (Wildman–Crippen LogP) is 8.76. The van der Waals surface area contributed by atoms with Crippen molar-refractivity contribution < 1.29 is 19.1 Å². The fourth-order valence-corrected chi connectivity index (χ4v) is 7.81. The summed E-state index contributed by atoms with van der Waals surface area (Å²) >= 11 is 0. The molecule has 0 spiro atoms. The minimum atomic E-state index is -1.27. The zero-order valence-corrected chi connectivity index (χ0v) is 28.5. The van der Waals surface area contributed by atoms with Gasteiger partial charge in [-0.2, -0.15) is 0 Å². The van der Waals surface area contributed by atoms with Gasteiger partial charge in [0.25, 0.3) is 0 Å². The van der Waals surface area contributed by atoms with E-state index in [1.54, 1.807) is 4.57 Å². The third kappa shape index (κ3) is 7.43. The van der Waals surface area contributed by atoms with Gasteiger partial charge < -0.3 is 9.47 Å². The molecule has 0 N–H and O–H groups in total. The number of nitrogens with zero attached hydrogens (tertiary/aromatic N) is 2. The van der Waals surface area contributed by atoms with Crippen LogP contribution in [0, 0.1) is 18.8 Å². The zero-order valence-electron chi connectivity index (χ0n) is 27.5. The average molecular weight is 603 g/mol. The molecule has 43 heavy (non-hydrogen) atoms. The lowest BCUT2D eigenvalue weighted by atomic mass is 9.83.